The fraction of sp³-hybridized carbons (Fsp3) is 0.381. The lowest BCUT2D eigenvalue weighted by Gasteiger charge is -2.22. The Labute approximate surface area is 156 Å². The topological polar surface area (TPSA) is 69.1 Å². The van der Waals surface area contributed by atoms with Gasteiger partial charge in [-0.05, 0) is 56.0 Å². The summed E-state index contributed by atoms with van der Waals surface area (Å²) in [5.41, 5.74) is 4.38. The van der Waals surface area contributed by atoms with E-state index in [-0.39, 0.29) is 12.5 Å². The lowest BCUT2D eigenvalue weighted by Crippen LogP contribution is -2.28. The molecule has 0 fully saturated rings. The molecule has 2 rings (SSSR count). The van der Waals surface area contributed by atoms with Gasteiger partial charge in [0.05, 0.1) is 12.1 Å². The quantitative estimate of drug-likeness (QED) is 0.677. The molecule has 0 aliphatic heterocycles. The number of amides is 1. The maximum Gasteiger partial charge on any atom is 0.253 e. The average molecular weight is 352 g/mol. The second-order valence-corrected chi connectivity index (χ2v) is 6.47. The zero-order valence-electron chi connectivity index (χ0n) is 15.9. The van der Waals surface area contributed by atoms with Crippen molar-refractivity contribution in [3.05, 3.63) is 59.4 Å². The number of nitrogens with zero attached hydrogens (tertiary/aromatic N) is 2. The molecule has 0 radical (unpaired) electrons. The third-order valence-corrected chi connectivity index (χ3v) is 4.16. The Morgan fingerprint density at radius 2 is 1.88 bits per heavy atom. The van der Waals surface area contributed by atoms with Crippen molar-refractivity contribution >= 4 is 17.3 Å². The Morgan fingerprint density at radius 3 is 2.50 bits per heavy atom. The second-order valence-electron chi connectivity index (χ2n) is 6.47. The van der Waals surface area contributed by atoms with Gasteiger partial charge in [-0.1, -0.05) is 19.1 Å². The van der Waals surface area contributed by atoms with E-state index in [1.54, 1.807) is 19.3 Å². The highest BCUT2D eigenvalue weighted by Gasteiger charge is 2.08. The first-order valence-electron chi connectivity index (χ1n) is 9.13. The van der Waals surface area contributed by atoms with Crippen molar-refractivity contribution < 1.29 is 4.79 Å². The number of carbonyl (C=O) groups is 1. The van der Waals surface area contributed by atoms with Gasteiger partial charge in [0.15, 0.2) is 0 Å². The van der Waals surface area contributed by atoms with Crippen LogP contribution in [-0.4, -0.2) is 36.2 Å². The van der Waals surface area contributed by atoms with Gasteiger partial charge in [-0.25, -0.2) is 0 Å². The first-order valence-corrected chi connectivity index (χ1v) is 9.13. The van der Waals surface area contributed by atoms with Gasteiger partial charge in [0.25, 0.3) is 5.91 Å². The highest BCUT2D eigenvalue weighted by atomic mass is 16.1. The van der Waals surface area contributed by atoms with Crippen LogP contribution >= 0.6 is 0 Å². The molecule has 0 bridgehead atoms. The van der Waals surface area contributed by atoms with Crippen LogP contribution in [0.25, 0.3) is 0 Å². The summed E-state index contributed by atoms with van der Waals surface area (Å²) in [5, 5.41) is 10.1. The SMILES string of the molecule is CCCN(CC)c1ccc(Cc2cncc(C(=O)NCC(C)=N)c2)cc1. The minimum atomic E-state index is -0.195. The van der Waals surface area contributed by atoms with E-state index in [0.717, 1.165) is 31.5 Å². The minimum Gasteiger partial charge on any atom is -0.372 e. The van der Waals surface area contributed by atoms with Crippen LogP contribution in [0.4, 0.5) is 5.69 Å². The third-order valence-electron chi connectivity index (χ3n) is 4.16. The first kappa shape index (κ1) is 19.6. The van der Waals surface area contributed by atoms with Gasteiger partial charge < -0.3 is 15.6 Å². The van der Waals surface area contributed by atoms with Gasteiger partial charge in [-0.2, -0.15) is 0 Å². The molecule has 0 aliphatic rings. The smallest absolute Gasteiger partial charge is 0.253 e. The molecule has 2 N–H and O–H groups in total. The van der Waals surface area contributed by atoms with Crippen molar-refractivity contribution in [2.24, 2.45) is 0 Å². The van der Waals surface area contributed by atoms with Gasteiger partial charge in [-0.15, -0.1) is 0 Å². The van der Waals surface area contributed by atoms with E-state index in [2.05, 4.69) is 53.3 Å². The first-order chi connectivity index (χ1) is 12.5. The standard InChI is InChI=1S/C21H28N4O/c1-4-10-25(5-2)20-8-6-17(7-9-20)11-18-12-19(15-23-14-18)21(26)24-13-16(3)22/h6-9,12,14-15,22H,4-5,10-11,13H2,1-3H3,(H,24,26). The molecule has 1 heterocycles. The van der Waals surface area contributed by atoms with Crippen molar-refractivity contribution in [2.75, 3.05) is 24.5 Å². The zero-order chi connectivity index (χ0) is 18.9. The Bertz CT molecular complexity index is 740. The zero-order valence-corrected chi connectivity index (χ0v) is 15.9. The highest BCUT2D eigenvalue weighted by molar-refractivity contribution is 5.96. The maximum absolute atomic E-state index is 12.1. The molecule has 1 aromatic heterocycles. The van der Waals surface area contributed by atoms with Crippen molar-refractivity contribution in [2.45, 2.75) is 33.6 Å². The molecule has 0 saturated heterocycles. The van der Waals surface area contributed by atoms with E-state index in [9.17, 15) is 4.79 Å². The summed E-state index contributed by atoms with van der Waals surface area (Å²) in [6, 6.07) is 10.5. The highest BCUT2D eigenvalue weighted by Crippen LogP contribution is 2.18. The van der Waals surface area contributed by atoms with Gasteiger partial charge in [0.2, 0.25) is 0 Å². The molecule has 0 aliphatic carbocycles. The van der Waals surface area contributed by atoms with Crippen molar-refractivity contribution in [1.82, 2.24) is 10.3 Å². The number of rotatable bonds is 9. The van der Waals surface area contributed by atoms with Crippen LogP contribution < -0.4 is 10.2 Å². The predicted octanol–water partition coefficient (Wildman–Crippen LogP) is 3.68. The molecule has 138 valence electrons. The van der Waals surface area contributed by atoms with E-state index in [0.29, 0.717) is 11.3 Å². The van der Waals surface area contributed by atoms with Crippen LogP contribution in [0.2, 0.25) is 0 Å². The lowest BCUT2D eigenvalue weighted by atomic mass is 10.0. The summed E-state index contributed by atoms with van der Waals surface area (Å²) < 4.78 is 0. The number of carbonyl (C=O) groups excluding carboxylic acids is 1. The fourth-order valence-electron chi connectivity index (χ4n) is 2.82. The van der Waals surface area contributed by atoms with E-state index >= 15 is 0 Å². The van der Waals surface area contributed by atoms with Crippen LogP contribution in [0.3, 0.4) is 0 Å². The van der Waals surface area contributed by atoms with Crippen LogP contribution in [0.5, 0.6) is 0 Å². The van der Waals surface area contributed by atoms with Crippen molar-refractivity contribution in [3.63, 3.8) is 0 Å². The van der Waals surface area contributed by atoms with Crippen LogP contribution in [0, 0.1) is 5.41 Å². The largest absolute Gasteiger partial charge is 0.372 e. The third kappa shape index (κ3) is 5.69. The number of nitrogens with one attached hydrogen (secondary N) is 2. The maximum atomic E-state index is 12.1. The minimum absolute atomic E-state index is 0.195. The van der Waals surface area contributed by atoms with E-state index in [1.165, 1.54) is 11.3 Å². The van der Waals surface area contributed by atoms with Crippen LogP contribution in [0.15, 0.2) is 42.7 Å². The Kier molecular flexibility index (Phi) is 7.33. The molecule has 26 heavy (non-hydrogen) atoms. The normalized spacial score (nSPS) is 10.4. The molecule has 0 spiro atoms. The van der Waals surface area contributed by atoms with Gasteiger partial charge in [0.1, 0.15) is 0 Å². The number of anilines is 1. The van der Waals surface area contributed by atoms with Gasteiger partial charge >= 0.3 is 0 Å². The van der Waals surface area contributed by atoms with E-state index in [4.69, 9.17) is 5.41 Å². The summed E-state index contributed by atoms with van der Waals surface area (Å²) >= 11 is 0. The summed E-state index contributed by atoms with van der Waals surface area (Å²) in [6.07, 6.45) is 5.22. The molecule has 1 amide bonds. The summed E-state index contributed by atoms with van der Waals surface area (Å²) in [6.45, 7) is 8.35. The molecular weight excluding hydrogens is 324 g/mol. The van der Waals surface area contributed by atoms with Gasteiger partial charge in [0, 0.05) is 36.9 Å². The lowest BCUT2D eigenvalue weighted by molar-refractivity contribution is 0.0958. The fourth-order valence-corrected chi connectivity index (χ4v) is 2.82. The molecule has 5 nitrogen and oxygen atoms in total. The Hall–Kier alpha value is -2.69. The average Bonchev–Trinajstić information content (AvgIpc) is 2.65. The van der Waals surface area contributed by atoms with Gasteiger partial charge in [-0.3, -0.25) is 9.78 Å². The molecule has 1 aromatic carbocycles. The van der Waals surface area contributed by atoms with E-state index in [1.807, 2.05) is 6.07 Å². The van der Waals surface area contributed by atoms with E-state index < -0.39 is 0 Å². The van der Waals surface area contributed by atoms with Crippen molar-refractivity contribution in [3.8, 4) is 0 Å². The van der Waals surface area contributed by atoms with Crippen molar-refractivity contribution in [1.29, 1.82) is 5.41 Å². The Balaban J connectivity index is 2.05. The summed E-state index contributed by atoms with van der Waals surface area (Å²) in [7, 11) is 0. The number of pyridine rings is 1. The van der Waals surface area contributed by atoms with Crippen LogP contribution in [-0.2, 0) is 6.42 Å². The molecule has 0 saturated carbocycles. The molecule has 0 atom stereocenters. The second kappa shape index (κ2) is 9.70. The molecule has 5 heteroatoms. The van der Waals surface area contributed by atoms with Crippen LogP contribution in [0.1, 0.15) is 48.7 Å². The molecule has 0 unspecified atom stereocenters. The number of hydrogen-bond acceptors (Lipinski definition) is 4. The summed E-state index contributed by atoms with van der Waals surface area (Å²) in [5.74, 6) is -0.195. The number of aromatic nitrogens is 1. The predicted molar refractivity (Wildman–Crippen MR) is 107 cm³/mol. The number of hydrogen-bond donors (Lipinski definition) is 2. The Morgan fingerprint density at radius 1 is 1.15 bits per heavy atom. The summed E-state index contributed by atoms with van der Waals surface area (Å²) in [4.78, 5) is 18.7. The number of benzene rings is 1. The molecular formula is C21H28N4O. The monoisotopic (exact) mass is 352 g/mol. The molecule has 2 aromatic rings.